The van der Waals surface area contributed by atoms with Gasteiger partial charge in [0.05, 0.1) is 5.92 Å². The third-order valence-electron chi connectivity index (χ3n) is 4.39. The Morgan fingerprint density at radius 2 is 2.24 bits per heavy atom. The second-order valence-electron chi connectivity index (χ2n) is 5.73. The molecule has 0 unspecified atom stereocenters. The summed E-state index contributed by atoms with van der Waals surface area (Å²) in [6, 6.07) is 7.83. The van der Waals surface area contributed by atoms with Crippen LogP contribution in [0.5, 0.6) is 0 Å². The van der Waals surface area contributed by atoms with Gasteiger partial charge in [0, 0.05) is 25.9 Å². The molecule has 2 aliphatic rings. The molecular weight excluding hydrogens is 268 g/mol. The molecule has 5 nitrogen and oxygen atoms in total. The Bertz CT molecular complexity index is 558. The third-order valence-corrected chi connectivity index (χ3v) is 4.39. The highest BCUT2D eigenvalue weighted by molar-refractivity contribution is 6.03. The standard InChI is InChI=1S/C16H20N2O3/c1-21-10-14(19)18-8-4-5-11(9-18)15-12-6-2-3-7-13(12)17-16(15)20/h2-3,6-7,11,15H,4-5,8-10H2,1H3,(H,17,20)/t11-,15+/m1/s1. The molecule has 112 valence electrons. The molecule has 1 saturated heterocycles. The van der Waals surface area contributed by atoms with Gasteiger partial charge in [-0.25, -0.2) is 0 Å². The highest BCUT2D eigenvalue weighted by Crippen LogP contribution is 2.40. The van der Waals surface area contributed by atoms with E-state index in [1.165, 1.54) is 7.11 Å². The van der Waals surface area contributed by atoms with Crippen molar-refractivity contribution < 1.29 is 14.3 Å². The van der Waals surface area contributed by atoms with E-state index in [2.05, 4.69) is 5.32 Å². The summed E-state index contributed by atoms with van der Waals surface area (Å²) in [6.45, 7) is 1.50. The Hall–Kier alpha value is -1.88. The first-order valence-electron chi connectivity index (χ1n) is 7.37. The van der Waals surface area contributed by atoms with Gasteiger partial charge in [-0.3, -0.25) is 9.59 Å². The van der Waals surface area contributed by atoms with Crippen molar-refractivity contribution >= 4 is 17.5 Å². The van der Waals surface area contributed by atoms with Gasteiger partial charge in [-0.05, 0) is 30.4 Å². The monoisotopic (exact) mass is 288 g/mol. The van der Waals surface area contributed by atoms with E-state index in [-0.39, 0.29) is 30.3 Å². The number of hydrogen-bond acceptors (Lipinski definition) is 3. The molecule has 1 aromatic rings. The van der Waals surface area contributed by atoms with Crippen LogP contribution in [0.15, 0.2) is 24.3 Å². The molecule has 0 bridgehead atoms. The third kappa shape index (κ3) is 2.65. The summed E-state index contributed by atoms with van der Waals surface area (Å²) in [5.41, 5.74) is 1.97. The number of carbonyl (C=O) groups is 2. The zero-order chi connectivity index (χ0) is 14.8. The molecular formula is C16H20N2O3. The maximum absolute atomic E-state index is 12.3. The lowest BCUT2D eigenvalue weighted by Gasteiger charge is -2.35. The van der Waals surface area contributed by atoms with E-state index in [0.29, 0.717) is 6.54 Å². The number of methoxy groups -OCH3 is 1. The number of carbonyl (C=O) groups excluding carboxylic acids is 2. The summed E-state index contributed by atoms with van der Waals surface area (Å²) in [7, 11) is 1.53. The zero-order valence-electron chi connectivity index (χ0n) is 12.2. The lowest BCUT2D eigenvalue weighted by atomic mass is 9.82. The molecule has 0 saturated carbocycles. The molecule has 0 aliphatic carbocycles. The number of benzene rings is 1. The number of fused-ring (bicyclic) bond motifs is 1. The van der Waals surface area contributed by atoms with E-state index in [4.69, 9.17) is 4.74 Å². The van der Waals surface area contributed by atoms with Crippen LogP contribution in [0, 0.1) is 5.92 Å². The van der Waals surface area contributed by atoms with E-state index in [0.717, 1.165) is 30.6 Å². The van der Waals surface area contributed by atoms with Crippen LogP contribution < -0.4 is 5.32 Å². The normalized spacial score (nSPS) is 24.6. The van der Waals surface area contributed by atoms with Gasteiger partial charge in [0.25, 0.3) is 0 Å². The number of para-hydroxylation sites is 1. The van der Waals surface area contributed by atoms with E-state index in [1.54, 1.807) is 0 Å². The topological polar surface area (TPSA) is 58.6 Å². The minimum absolute atomic E-state index is 0.00823. The summed E-state index contributed by atoms with van der Waals surface area (Å²) in [5, 5.41) is 2.95. The number of anilines is 1. The maximum atomic E-state index is 12.3. The Morgan fingerprint density at radius 3 is 3.05 bits per heavy atom. The smallest absolute Gasteiger partial charge is 0.248 e. The lowest BCUT2D eigenvalue weighted by Crippen LogP contribution is -2.44. The van der Waals surface area contributed by atoms with E-state index in [9.17, 15) is 9.59 Å². The molecule has 21 heavy (non-hydrogen) atoms. The summed E-state index contributed by atoms with van der Waals surface area (Å²) in [6.07, 6.45) is 1.91. The fraction of sp³-hybridized carbons (Fsp3) is 0.500. The molecule has 2 heterocycles. The van der Waals surface area contributed by atoms with Crippen molar-refractivity contribution in [1.82, 2.24) is 4.90 Å². The first-order chi connectivity index (χ1) is 10.2. The molecule has 2 aliphatic heterocycles. The SMILES string of the molecule is COCC(=O)N1CCC[C@@H]([C@@H]2C(=O)Nc3ccccc32)C1. The van der Waals surface area contributed by atoms with Crippen LogP contribution in [-0.2, 0) is 14.3 Å². The van der Waals surface area contributed by atoms with Crippen molar-refractivity contribution in [3.05, 3.63) is 29.8 Å². The Kier molecular flexibility index (Phi) is 3.92. The molecule has 5 heteroatoms. The van der Waals surface area contributed by atoms with Gasteiger partial charge >= 0.3 is 0 Å². The second-order valence-corrected chi connectivity index (χ2v) is 5.73. The van der Waals surface area contributed by atoms with Gasteiger partial charge < -0.3 is 15.0 Å². The van der Waals surface area contributed by atoms with Gasteiger partial charge in [0.15, 0.2) is 0 Å². The summed E-state index contributed by atoms with van der Waals surface area (Å²) in [4.78, 5) is 26.1. The van der Waals surface area contributed by atoms with Crippen molar-refractivity contribution in [3.8, 4) is 0 Å². The van der Waals surface area contributed by atoms with Gasteiger partial charge in [-0.1, -0.05) is 18.2 Å². The molecule has 3 rings (SSSR count). The Morgan fingerprint density at radius 1 is 1.43 bits per heavy atom. The van der Waals surface area contributed by atoms with Crippen LogP contribution >= 0.6 is 0 Å². The number of nitrogens with one attached hydrogen (secondary N) is 1. The number of amides is 2. The predicted octanol–water partition coefficient (Wildman–Crippen LogP) is 1.61. The predicted molar refractivity (Wildman–Crippen MR) is 79.0 cm³/mol. The molecule has 2 atom stereocenters. The Balaban J connectivity index is 1.77. The van der Waals surface area contributed by atoms with Gasteiger partial charge in [-0.2, -0.15) is 0 Å². The summed E-state index contributed by atoms with van der Waals surface area (Å²) < 4.78 is 4.92. The van der Waals surface area contributed by atoms with Crippen LogP contribution in [0.4, 0.5) is 5.69 Å². The molecule has 1 fully saturated rings. The van der Waals surface area contributed by atoms with Crippen molar-refractivity contribution in [2.24, 2.45) is 5.92 Å². The minimum atomic E-state index is -0.139. The van der Waals surface area contributed by atoms with Crippen LogP contribution in [0.3, 0.4) is 0 Å². The van der Waals surface area contributed by atoms with E-state index >= 15 is 0 Å². The number of piperidine rings is 1. The first kappa shape index (κ1) is 14.1. The zero-order valence-corrected chi connectivity index (χ0v) is 12.2. The minimum Gasteiger partial charge on any atom is -0.375 e. The van der Waals surface area contributed by atoms with Crippen molar-refractivity contribution in [2.75, 3.05) is 32.1 Å². The van der Waals surface area contributed by atoms with Crippen LogP contribution in [0.1, 0.15) is 24.3 Å². The summed E-state index contributed by atoms with van der Waals surface area (Å²) >= 11 is 0. The van der Waals surface area contributed by atoms with Crippen LogP contribution in [-0.4, -0.2) is 43.5 Å². The van der Waals surface area contributed by atoms with Crippen molar-refractivity contribution in [1.29, 1.82) is 0 Å². The number of nitrogens with zero attached hydrogens (tertiary/aromatic N) is 1. The fourth-order valence-corrected chi connectivity index (χ4v) is 3.43. The number of ether oxygens (including phenoxy) is 1. The molecule has 1 N–H and O–H groups in total. The number of likely N-dealkylation sites (tertiary alicyclic amines) is 1. The first-order valence-corrected chi connectivity index (χ1v) is 7.37. The largest absolute Gasteiger partial charge is 0.375 e. The number of hydrogen-bond donors (Lipinski definition) is 1. The van der Waals surface area contributed by atoms with Crippen molar-refractivity contribution in [3.63, 3.8) is 0 Å². The Labute approximate surface area is 124 Å². The van der Waals surface area contributed by atoms with Crippen molar-refractivity contribution in [2.45, 2.75) is 18.8 Å². The average Bonchev–Trinajstić information content (AvgIpc) is 2.83. The van der Waals surface area contributed by atoms with Crippen LogP contribution in [0.25, 0.3) is 0 Å². The average molecular weight is 288 g/mol. The van der Waals surface area contributed by atoms with Gasteiger partial charge in [0.1, 0.15) is 6.61 Å². The highest BCUT2D eigenvalue weighted by atomic mass is 16.5. The maximum Gasteiger partial charge on any atom is 0.248 e. The van der Waals surface area contributed by atoms with Gasteiger partial charge in [-0.15, -0.1) is 0 Å². The molecule has 2 amide bonds. The molecule has 0 aromatic heterocycles. The quantitative estimate of drug-likeness (QED) is 0.919. The fourth-order valence-electron chi connectivity index (χ4n) is 3.43. The molecule has 0 spiro atoms. The lowest BCUT2D eigenvalue weighted by molar-refractivity contribution is -0.137. The second kappa shape index (κ2) is 5.85. The van der Waals surface area contributed by atoms with Crippen LogP contribution in [0.2, 0.25) is 0 Å². The van der Waals surface area contributed by atoms with E-state index < -0.39 is 0 Å². The summed E-state index contributed by atoms with van der Waals surface area (Å²) in [5.74, 6) is 0.110. The number of rotatable bonds is 3. The van der Waals surface area contributed by atoms with E-state index in [1.807, 2.05) is 29.2 Å². The molecule has 1 aromatic carbocycles. The highest BCUT2D eigenvalue weighted by Gasteiger charge is 2.39. The molecule has 0 radical (unpaired) electrons. The van der Waals surface area contributed by atoms with Gasteiger partial charge in [0.2, 0.25) is 11.8 Å².